The molecule has 10 rings (SSSR count). The third-order valence-electron chi connectivity index (χ3n) is 10.6. The summed E-state index contributed by atoms with van der Waals surface area (Å²) < 4.78 is 0. The lowest BCUT2D eigenvalue weighted by atomic mass is 9.84. The van der Waals surface area contributed by atoms with E-state index < -0.39 is 0 Å². The fourth-order valence-electron chi connectivity index (χ4n) is 8.46. The Morgan fingerprint density at radius 3 is 1.25 bits per heavy atom. The molecule has 0 heterocycles. The minimum Gasteiger partial charge on any atom is -0.0622 e. The van der Waals surface area contributed by atoms with Gasteiger partial charge in [-0.2, -0.15) is 0 Å². The second kappa shape index (κ2) is 10.8. The van der Waals surface area contributed by atoms with Crippen molar-refractivity contribution in [1.82, 2.24) is 0 Å². The van der Waals surface area contributed by atoms with E-state index in [0.717, 1.165) is 0 Å². The molecule has 2 unspecified atom stereocenters. The molecule has 48 heavy (non-hydrogen) atoms. The van der Waals surface area contributed by atoms with Crippen molar-refractivity contribution < 1.29 is 0 Å². The SMILES string of the molecule is c1ccc(-c2cc3ccccc3cc2-c2ccc(C3c4ccccc4-c4cc5c(cc43)C(c3ccccc3)c3ccccc3-5)cc2)cc1. The lowest BCUT2D eigenvalue weighted by Gasteiger charge is -2.19. The van der Waals surface area contributed by atoms with Crippen LogP contribution in [0.3, 0.4) is 0 Å². The lowest BCUT2D eigenvalue weighted by molar-refractivity contribution is 0.982. The summed E-state index contributed by atoms with van der Waals surface area (Å²) in [4.78, 5) is 0. The quantitative estimate of drug-likeness (QED) is 0.186. The fourth-order valence-corrected chi connectivity index (χ4v) is 8.46. The van der Waals surface area contributed by atoms with Crippen LogP contribution in [-0.4, -0.2) is 0 Å². The third-order valence-corrected chi connectivity index (χ3v) is 10.6. The monoisotopic (exact) mass is 608 g/mol. The van der Waals surface area contributed by atoms with Gasteiger partial charge in [-0.25, -0.2) is 0 Å². The molecule has 0 aliphatic heterocycles. The fraction of sp³-hybridized carbons (Fsp3) is 0.0417. The van der Waals surface area contributed by atoms with E-state index in [1.54, 1.807) is 0 Å². The summed E-state index contributed by atoms with van der Waals surface area (Å²) in [5, 5.41) is 2.53. The third kappa shape index (κ3) is 4.16. The van der Waals surface area contributed by atoms with Gasteiger partial charge in [0.1, 0.15) is 0 Å². The Bertz CT molecular complexity index is 2490. The molecule has 0 nitrogen and oxygen atoms in total. The van der Waals surface area contributed by atoms with Crippen LogP contribution < -0.4 is 0 Å². The normalized spacial score (nSPS) is 15.5. The van der Waals surface area contributed by atoms with E-state index in [9.17, 15) is 0 Å². The van der Waals surface area contributed by atoms with Crippen LogP contribution >= 0.6 is 0 Å². The van der Waals surface area contributed by atoms with E-state index in [1.807, 2.05) is 0 Å². The number of benzene rings is 8. The van der Waals surface area contributed by atoms with E-state index in [0.29, 0.717) is 0 Å². The molecule has 0 bridgehead atoms. The zero-order valence-corrected chi connectivity index (χ0v) is 26.5. The van der Waals surface area contributed by atoms with Crippen LogP contribution in [0.15, 0.2) is 182 Å². The van der Waals surface area contributed by atoms with Crippen molar-refractivity contribution in [2.45, 2.75) is 11.8 Å². The highest BCUT2D eigenvalue weighted by molar-refractivity contribution is 5.96. The topological polar surface area (TPSA) is 0 Å². The highest BCUT2D eigenvalue weighted by Gasteiger charge is 2.36. The summed E-state index contributed by atoms with van der Waals surface area (Å²) >= 11 is 0. The van der Waals surface area contributed by atoms with Crippen LogP contribution in [0.4, 0.5) is 0 Å². The van der Waals surface area contributed by atoms with Crippen molar-refractivity contribution >= 4 is 10.8 Å². The van der Waals surface area contributed by atoms with E-state index >= 15 is 0 Å². The first-order valence-corrected chi connectivity index (χ1v) is 16.9. The van der Waals surface area contributed by atoms with Gasteiger partial charge in [-0.05, 0) is 107 Å². The molecular weight excluding hydrogens is 577 g/mol. The molecule has 0 amide bonds. The molecule has 0 saturated heterocycles. The van der Waals surface area contributed by atoms with Gasteiger partial charge in [0.05, 0.1) is 0 Å². The second-order valence-electron chi connectivity index (χ2n) is 13.2. The maximum atomic E-state index is 2.54. The average Bonchev–Trinajstić information content (AvgIpc) is 3.66. The number of hydrogen-bond donors (Lipinski definition) is 0. The Kier molecular flexibility index (Phi) is 6.11. The summed E-state index contributed by atoms with van der Waals surface area (Å²) in [5.41, 5.74) is 18.8. The Balaban J connectivity index is 1.12. The Morgan fingerprint density at radius 2 is 0.688 bits per heavy atom. The summed E-state index contributed by atoms with van der Waals surface area (Å²) in [7, 11) is 0. The first-order valence-electron chi connectivity index (χ1n) is 16.9. The molecule has 0 saturated carbocycles. The largest absolute Gasteiger partial charge is 0.0622 e. The Hall–Kier alpha value is -5.98. The molecule has 0 N–H and O–H groups in total. The Morgan fingerprint density at radius 1 is 0.250 bits per heavy atom. The van der Waals surface area contributed by atoms with Crippen molar-refractivity contribution in [3.63, 3.8) is 0 Å². The summed E-state index contributed by atoms with van der Waals surface area (Å²) in [6.45, 7) is 0. The zero-order chi connectivity index (χ0) is 31.6. The first-order chi connectivity index (χ1) is 23.8. The van der Waals surface area contributed by atoms with Crippen LogP contribution in [0.2, 0.25) is 0 Å². The van der Waals surface area contributed by atoms with Gasteiger partial charge in [0.2, 0.25) is 0 Å². The van der Waals surface area contributed by atoms with Crippen molar-refractivity contribution in [3.8, 4) is 44.5 Å². The minimum atomic E-state index is 0.181. The molecule has 0 radical (unpaired) electrons. The molecule has 0 heteroatoms. The molecule has 8 aromatic rings. The number of hydrogen-bond acceptors (Lipinski definition) is 0. The van der Waals surface area contributed by atoms with Gasteiger partial charge in [0.25, 0.3) is 0 Å². The van der Waals surface area contributed by atoms with Gasteiger partial charge in [-0.1, -0.05) is 164 Å². The number of rotatable bonds is 4. The van der Waals surface area contributed by atoms with Crippen LogP contribution in [0.25, 0.3) is 55.3 Å². The molecule has 2 aliphatic carbocycles. The standard InChI is InChI=1S/C48H32/c1-3-13-31(14-4-1)41-27-35-17-7-8-18-36(35)28-42(41)32-23-25-34(26-24-32)48-40-22-12-10-20-38(40)44-29-43-37-19-9-11-21-39(37)47(45(43)30-46(44)48)33-15-5-2-6-16-33/h1-30,47-48H. The predicted molar refractivity (Wildman–Crippen MR) is 200 cm³/mol. The lowest BCUT2D eigenvalue weighted by Crippen LogP contribution is -2.03. The Labute approximate surface area is 281 Å². The maximum absolute atomic E-state index is 2.54. The zero-order valence-electron chi connectivity index (χ0n) is 26.5. The van der Waals surface area contributed by atoms with Gasteiger partial charge >= 0.3 is 0 Å². The van der Waals surface area contributed by atoms with Gasteiger partial charge < -0.3 is 0 Å². The molecule has 8 aromatic carbocycles. The smallest absolute Gasteiger partial charge is 0.0352 e. The molecule has 2 atom stereocenters. The van der Waals surface area contributed by atoms with E-state index in [2.05, 4.69) is 182 Å². The highest BCUT2D eigenvalue weighted by Crippen LogP contribution is 2.55. The molecule has 224 valence electrons. The highest BCUT2D eigenvalue weighted by atomic mass is 14.4. The van der Waals surface area contributed by atoms with Crippen molar-refractivity contribution in [2.75, 3.05) is 0 Å². The summed E-state index contributed by atoms with van der Waals surface area (Å²) in [5.74, 6) is 0.416. The molecule has 0 fully saturated rings. The van der Waals surface area contributed by atoms with Crippen LogP contribution in [0.5, 0.6) is 0 Å². The van der Waals surface area contributed by atoms with Gasteiger partial charge in [0.15, 0.2) is 0 Å². The van der Waals surface area contributed by atoms with Crippen LogP contribution in [-0.2, 0) is 0 Å². The van der Waals surface area contributed by atoms with Gasteiger partial charge in [-0.3, -0.25) is 0 Å². The predicted octanol–water partition coefficient (Wildman–Crippen LogP) is 12.5. The molecule has 0 aromatic heterocycles. The van der Waals surface area contributed by atoms with Gasteiger partial charge in [-0.15, -0.1) is 0 Å². The second-order valence-corrected chi connectivity index (χ2v) is 13.2. The van der Waals surface area contributed by atoms with Crippen LogP contribution in [0, 0.1) is 0 Å². The first kappa shape index (κ1) is 27.2. The average molecular weight is 609 g/mol. The molecule has 2 aliphatic rings. The molecule has 0 spiro atoms. The summed E-state index contributed by atoms with van der Waals surface area (Å²) in [6, 6.07) is 67.6. The van der Waals surface area contributed by atoms with Crippen molar-refractivity contribution in [1.29, 1.82) is 0 Å². The van der Waals surface area contributed by atoms with Crippen molar-refractivity contribution in [3.05, 3.63) is 215 Å². The van der Waals surface area contributed by atoms with E-state index in [1.165, 1.54) is 88.7 Å². The maximum Gasteiger partial charge on any atom is 0.0352 e. The molecular formula is C48H32. The number of fused-ring (bicyclic) bond motifs is 7. The van der Waals surface area contributed by atoms with Gasteiger partial charge in [0, 0.05) is 11.8 Å². The van der Waals surface area contributed by atoms with Crippen LogP contribution in [0.1, 0.15) is 45.2 Å². The minimum absolute atomic E-state index is 0.181. The van der Waals surface area contributed by atoms with Crippen molar-refractivity contribution in [2.24, 2.45) is 0 Å². The van der Waals surface area contributed by atoms with E-state index in [4.69, 9.17) is 0 Å². The van der Waals surface area contributed by atoms with E-state index in [-0.39, 0.29) is 11.8 Å². The summed E-state index contributed by atoms with van der Waals surface area (Å²) in [6.07, 6.45) is 0.